The second-order valence-electron chi connectivity index (χ2n) is 7.05. The van der Waals surface area contributed by atoms with Gasteiger partial charge in [-0.1, -0.05) is 48.5 Å². The van der Waals surface area contributed by atoms with Crippen molar-refractivity contribution >= 4 is 17.5 Å². The molecule has 0 aliphatic rings. The van der Waals surface area contributed by atoms with Crippen LogP contribution in [0.4, 0.5) is 5.69 Å². The Morgan fingerprint density at radius 2 is 1.29 bits per heavy atom. The Kier molecular flexibility index (Phi) is 7.65. The lowest BCUT2D eigenvalue weighted by atomic mass is 10.2. The monoisotopic (exact) mass is 418 g/mol. The Hall–Kier alpha value is -3.80. The van der Waals surface area contributed by atoms with Gasteiger partial charge in [-0.25, -0.2) is 0 Å². The number of rotatable bonds is 9. The maximum atomic E-state index is 12.4. The van der Waals surface area contributed by atoms with Gasteiger partial charge < -0.3 is 20.1 Å². The summed E-state index contributed by atoms with van der Waals surface area (Å²) in [6.45, 7) is 3.72. The van der Waals surface area contributed by atoms with Crippen LogP contribution in [-0.2, 0) is 16.1 Å². The molecule has 160 valence electrons. The second-order valence-corrected chi connectivity index (χ2v) is 7.05. The largest absolute Gasteiger partial charge is 0.481 e. The zero-order chi connectivity index (χ0) is 22.1. The summed E-state index contributed by atoms with van der Waals surface area (Å²) in [7, 11) is 0. The molecule has 6 heteroatoms. The number of nitrogens with one attached hydrogen (secondary N) is 2. The van der Waals surface area contributed by atoms with E-state index in [1.807, 2.05) is 54.6 Å². The first-order chi connectivity index (χ1) is 15.0. The highest BCUT2D eigenvalue weighted by molar-refractivity contribution is 5.94. The molecule has 3 aromatic rings. The number of carbonyl (C=O) groups excluding carboxylic acids is 2. The first-order valence-electron chi connectivity index (χ1n) is 10.1. The van der Waals surface area contributed by atoms with Crippen molar-refractivity contribution in [3.63, 3.8) is 0 Å². The minimum atomic E-state index is -0.651. The van der Waals surface area contributed by atoms with Gasteiger partial charge in [-0.2, -0.15) is 0 Å². The molecule has 0 spiro atoms. The predicted octanol–water partition coefficient (Wildman–Crippen LogP) is 4.18. The summed E-state index contributed by atoms with van der Waals surface area (Å²) < 4.78 is 11.3. The summed E-state index contributed by atoms with van der Waals surface area (Å²) in [6.07, 6.45) is -1.27. The predicted molar refractivity (Wildman–Crippen MR) is 120 cm³/mol. The summed E-state index contributed by atoms with van der Waals surface area (Å²) in [4.78, 5) is 24.8. The van der Waals surface area contributed by atoms with E-state index >= 15 is 0 Å². The number of hydrogen-bond donors (Lipinski definition) is 2. The van der Waals surface area contributed by atoms with E-state index in [9.17, 15) is 9.59 Å². The smallest absolute Gasteiger partial charge is 0.265 e. The average molecular weight is 418 g/mol. The summed E-state index contributed by atoms with van der Waals surface area (Å²) in [5, 5.41) is 5.70. The summed E-state index contributed by atoms with van der Waals surface area (Å²) >= 11 is 0. The van der Waals surface area contributed by atoms with Crippen molar-refractivity contribution in [1.82, 2.24) is 5.32 Å². The van der Waals surface area contributed by atoms with Crippen LogP contribution >= 0.6 is 0 Å². The van der Waals surface area contributed by atoms with E-state index in [4.69, 9.17) is 9.47 Å². The van der Waals surface area contributed by atoms with Crippen LogP contribution in [0.5, 0.6) is 11.5 Å². The Labute approximate surface area is 182 Å². The van der Waals surface area contributed by atoms with Gasteiger partial charge in [0, 0.05) is 12.2 Å². The highest BCUT2D eigenvalue weighted by Gasteiger charge is 2.16. The second kappa shape index (κ2) is 10.8. The van der Waals surface area contributed by atoms with E-state index in [1.165, 1.54) is 0 Å². The fourth-order valence-electron chi connectivity index (χ4n) is 2.85. The molecule has 0 aromatic heterocycles. The standard InChI is InChI=1S/C25H26N2O4/c1-18(30-22-12-5-3-6-13-22)24(28)26-17-20-10-9-11-21(16-20)27-25(29)19(2)31-23-14-7-4-8-15-23/h3-16,18-19H,17H2,1-2H3,(H,26,28)(H,27,29). The van der Waals surface area contributed by atoms with Crippen LogP contribution < -0.4 is 20.1 Å². The number of amides is 2. The van der Waals surface area contributed by atoms with Crippen LogP contribution in [0, 0.1) is 0 Å². The van der Waals surface area contributed by atoms with Gasteiger partial charge >= 0.3 is 0 Å². The van der Waals surface area contributed by atoms with E-state index < -0.39 is 12.2 Å². The van der Waals surface area contributed by atoms with Crippen molar-refractivity contribution in [3.8, 4) is 11.5 Å². The molecule has 0 heterocycles. The molecule has 0 bridgehead atoms. The summed E-state index contributed by atoms with van der Waals surface area (Å²) in [5.41, 5.74) is 1.49. The van der Waals surface area contributed by atoms with Crippen molar-refractivity contribution in [1.29, 1.82) is 0 Å². The molecule has 3 aromatic carbocycles. The number of ether oxygens (including phenoxy) is 2. The van der Waals surface area contributed by atoms with Gasteiger partial charge in [-0.15, -0.1) is 0 Å². The highest BCUT2D eigenvalue weighted by atomic mass is 16.5. The van der Waals surface area contributed by atoms with Crippen molar-refractivity contribution in [2.24, 2.45) is 0 Å². The molecule has 0 radical (unpaired) electrons. The van der Waals surface area contributed by atoms with E-state index in [-0.39, 0.29) is 11.8 Å². The molecule has 2 unspecified atom stereocenters. The molecule has 2 N–H and O–H groups in total. The van der Waals surface area contributed by atoms with Crippen molar-refractivity contribution in [2.45, 2.75) is 32.6 Å². The average Bonchev–Trinajstić information content (AvgIpc) is 2.79. The maximum absolute atomic E-state index is 12.4. The third-order valence-corrected chi connectivity index (χ3v) is 4.51. The molecule has 3 rings (SSSR count). The third-order valence-electron chi connectivity index (χ3n) is 4.51. The van der Waals surface area contributed by atoms with Crippen LogP contribution in [0.3, 0.4) is 0 Å². The Morgan fingerprint density at radius 1 is 0.742 bits per heavy atom. The van der Waals surface area contributed by atoms with E-state index in [2.05, 4.69) is 10.6 Å². The van der Waals surface area contributed by atoms with Crippen LogP contribution in [0.15, 0.2) is 84.9 Å². The molecule has 31 heavy (non-hydrogen) atoms. The quantitative estimate of drug-likeness (QED) is 0.547. The molecule has 0 saturated heterocycles. The lowest BCUT2D eigenvalue weighted by Crippen LogP contribution is -2.35. The van der Waals surface area contributed by atoms with Crippen molar-refractivity contribution in [3.05, 3.63) is 90.5 Å². The SMILES string of the molecule is CC(Oc1ccccc1)C(=O)NCc1cccc(NC(=O)C(C)Oc2ccccc2)c1. The van der Waals surface area contributed by atoms with Crippen LogP contribution in [0.1, 0.15) is 19.4 Å². The molecular formula is C25H26N2O4. The van der Waals surface area contributed by atoms with Crippen LogP contribution in [0.25, 0.3) is 0 Å². The Balaban J connectivity index is 1.50. The first kappa shape index (κ1) is 21.9. The molecule has 0 saturated carbocycles. The molecule has 0 fully saturated rings. The topological polar surface area (TPSA) is 76.7 Å². The third kappa shape index (κ3) is 6.89. The van der Waals surface area contributed by atoms with Gasteiger partial charge in [-0.3, -0.25) is 9.59 Å². The maximum Gasteiger partial charge on any atom is 0.265 e. The number of benzene rings is 3. The van der Waals surface area contributed by atoms with Gasteiger partial charge in [0.05, 0.1) is 0 Å². The molecule has 0 aliphatic carbocycles. The van der Waals surface area contributed by atoms with Crippen molar-refractivity contribution in [2.75, 3.05) is 5.32 Å². The summed E-state index contributed by atoms with van der Waals surface area (Å²) in [6, 6.07) is 25.7. The molecule has 2 amide bonds. The number of anilines is 1. The lowest BCUT2D eigenvalue weighted by Gasteiger charge is -2.16. The fourth-order valence-corrected chi connectivity index (χ4v) is 2.85. The normalized spacial score (nSPS) is 12.3. The molecular weight excluding hydrogens is 392 g/mol. The van der Waals surface area contributed by atoms with E-state index in [0.717, 1.165) is 5.56 Å². The van der Waals surface area contributed by atoms with Crippen LogP contribution in [-0.4, -0.2) is 24.0 Å². The zero-order valence-corrected chi connectivity index (χ0v) is 17.6. The van der Waals surface area contributed by atoms with Gasteiger partial charge in [0.2, 0.25) is 0 Å². The molecule has 0 aliphatic heterocycles. The number of para-hydroxylation sites is 2. The van der Waals surface area contributed by atoms with E-state index in [1.54, 1.807) is 44.2 Å². The molecule has 6 nitrogen and oxygen atoms in total. The van der Waals surface area contributed by atoms with Gasteiger partial charge in [0.15, 0.2) is 12.2 Å². The minimum absolute atomic E-state index is 0.219. The first-order valence-corrected chi connectivity index (χ1v) is 10.1. The van der Waals surface area contributed by atoms with Gasteiger partial charge in [-0.05, 0) is 55.8 Å². The number of carbonyl (C=O) groups is 2. The summed E-state index contributed by atoms with van der Waals surface area (Å²) in [5.74, 6) is 0.799. The highest BCUT2D eigenvalue weighted by Crippen LogP contribution is 2.15. The zero-order valence-electron chi connectivity index (χ0n) is 17.6. The fraction of sp³-hybridized carbons (Fsp3) is 0.200. The Morgan fingerprint density at radius 3 is 1.87 bits per heavy atom. The van der Waals surface area contributed by atoms with E-state index in [0.29, 0.717) is 23.7 Å². The van der Waals surface area contributed by atoms with Crippen LogP contribution in [0.2, 0.25) is 0 Å². The van der Waals surface area contributed by atoms with Crippen molar-refractivity contribution < 1.29 is 19.1 Å². The number of hydrogen-bond acceptors (Lipinski definition) is 4. The lowest BCUT2D eigenvalue weighted by molar-refractivity contribution is -0.127. The van der Waals surface area contributed by atoms with Gasteiger partial charge in [0.1, 0.15) is 11.5 Å². The minimum Gasteiger partial charge on any atom is -0.481 e. The Bertz CT molecular complexity index is 993. The molecule has 2 atom stereocenters. The van der Waals surface area contributed by atoms with Gasteiger partial charge in [0.25, 0.3) is 11.8 Å².